The third kappa shape index (κ3) is 2.82. The van der Waals surface area contributed by atoms with Crippen LogP contribution in [0.3, 0.4) is 0 Å². The summed E-state index contributed by atoms with van der Waals surface area (Å²) < 4.78 is 11.3. The molecule has 138 valence electrons. The summed E-state index contributed by atoms with van der Waals surface area (Å²) in [6.07, 6.45) is 2.28. The van der Waals surface area contributed by atoms with Gasteiger partial charge in [-0.3, -0.25) is 4.79 Å². The molecule has 0 fully saturated rings. The fraction of sp³-hybridized carbons (Fsp3) is 0.500. The molecule has 6 nitrogen and oxygen atoms in total. The van der Waals surface area contributed by atoms with Gasteiger partial charge in [0.05, 0.1) is 42.5 Å². The second-order valence-electron chi connectivity index (χ2n) is 6.73. The number of carbonyl (C=O) groups excluding carboxylic acids is 1. The van der Waals surface area contributed by atoms with Crippen LogP contribution in [0.4, 0.5) is 0 Å². The Bertz CT molecular complexity index is 894. The van der Waals surface area contributed by atoms with E-state index in [1.165, 1.54) is 6.07 Å². The van der Waals surface area contributed by atoms with Gasteiger partial charge in [0.25, 0.3) is 0 Å². The molecule has 2 aromatic rings. The summed E-state index contributed by atoms with van der Waals surface area (Å²) >= 11 is 0. The molecule has 1 aliphatic rings. The molecule has 2 N–H and O–H groups in total. The van der Waals surface area contributed by atoms with E-state index in [2.05, 4.69) is 11.1 Å². The van der Waals surface area contributed by atoms with Crippen LogP contribution in [0.5, 0.6) is 5.75 Å². The molecule has 3 rings (SSSR count). The number of ether oxygens (including phenoxy) is 2. The number of aromatic nitrogens is 1. The molecule has 1 aliphatic heterocycles. The van der Waals surface area contributed by atoms with Gasteiger partial charge in [-0.25, -0.2) is 0 Å². The smallest absolute Gasteiger partial charge is 0.309 e. The van der Waals surface area contributed by atoms with Gasteiger partial charge in [0.2, 0.25) is 0 Å². The number of phenols is 1. The quantitative estimate of drug-likeness (QED) is 0.799. The molecule has 0 bridgehead atoms. The van der Waals surface area contributed by atoms with Gasteiger partial charge in [-0.1, -0.05) is 13.3 Å². The number of fused-ring (bicyclic) bond motifs is 3. The minimum Gasteiger partial charge on any atom is -0.508 e. The first-order valence-electron chi connectivity index (χ1n) is 9.04. The molecule has 1 atom stereocenters. The summed E-state index contributed by atoms with van der Waals surface area (Å²) in [6.45, 7) is 6.45. The van der Waals surface area contributed by atoms with Crippen molar-refractivity contribution in [3.63, 3.8) is 0 Å². The maximum Gasteiger partial charge on any atom is 0.309 e. The van der Waals surface area contributed by atoms with Crippen LogP contribution in [0.1, 0.15) is 55.5 Å². The molecule has 0 unspecified atom stereocenters. The van der Waals surface area contributed by atoms with Crippen LogP contribution in [0.15, 0.2) is 6.07 Å². The number of phenolic OH excluding ortho intramolecular Hbond substituents is 1. The zero-order chi connectivity index (χ0) is 18.9. The molecule has 0 radical (unpaired) electrons. The van der Waals surface area contributed by atoms with Crippen LogP contribution in [0, 0.1) is 18.3 Å². The molecular formula is C20H24N2O4. The van der Waals surface area contributed by atoms with E-state index in [0.717, 1.165) is 28.6 Å². The van der Waals surface area contributed by atoms with Gasteiger partial charge in [-0.15, -0.1) is 0 Å². The summed E-state index contributed by atoms with van der Waals surface area (Å²) in [4.78, 5) is 15.6. The van der Waals surface area contributed by atoms with Crippen molar-refractivity contribution in [3.05, 3.63) is 28.5 Å². The number of benzene rings is 1. The van der Waals surface area contributed by atoms with Crippen LogP contribution in [-0.4, -0.2) is 29.3 Å². The van der Waals surface area contributed by atoms with Crippen molar-refractivity contribution in [2.24, 2.45) is 0 Å². The number of aromatic amines is 1. The SMILES string of the molecule is CCC[C@]1(CC(=O)OCC)OCCc2c1[nH]c1c(C)c(O)cc(C#N)c21. The van der Waals surface area contributed by atoms with Gasteiger partial charge in [0.15, 0.2) is 0 Å². The van der Waals surface area contributed by atoms with Crippen molar-refractivity contribution in [2.45, 2.75) is 52.1 Å². The van der Waals surface area contributed by atoms with E-state index in [-0.39, 0.29) is 18.1 Å². The summed E-state index contributed by atoms with van der Waals surface area (Å²) in [6, 6.07) is 3.69. The Labute approximate surface area is 152 Å². The molecule has 0 spiro atoms. The molecule has 0 amide bonds. The first kappa shape index (κ1) is 18.3. The largest absolute Gasteiger partial charge is 0.508 e. The number of H-pyrrole nitrogens is 1. The van der Waals surface area contributed by atoms with Gasteiger partial charge in [-0.05, 0) is 38.3 Å². The Hall–Kier alpha value is -2.52. The van der Waals surface area contributed by atoms with Crippen LogP contribution < -0.4 is 0 Å². The number of nitriles is 1. The summed E-state index contributed by atoms with van der Waals surface area (Å²) in [5, 5.41) is 20.5. The average molecular weight is 356 g/mol. The molecule has 26 heavy (non-hydrogen) atoms. The number of nitrogens with one attached hydrogen (secondary N) is 1. The lowest BCUT2D eigenvalue weighted by atomic mass is 9.84. The minimum absolute atomic E-state index is 0.0834. The normalized spacial score (nSPS) is 19.2. The third-order valence-electron chi connectivity index (χ3n) is 5.11. The standard InChI is InChI=1S/C20H24N2O4/c1-4-7-20(10-16(24)25-5-2)19-14(6-8-26-20)17-13(11-21)9-15(23)12(3)18(17)22-19/h9,22-23H,4-8,10H2,1-3H3/t20-/m1/s1. The van der Waals surface area contributed by atoms with Crippen molar-refractivity contribution in [3.8, 4) is 11.8 Å². The molecule has 1 aromatic carbocycles. The Morgan fingerprint density at radius 2 is 2.27 bits per heavy atom. The second kappa shape index (κ2) is 7.00. The fourth-order valence-corrected chi connectivity index (χ4v) is 3.98. The predicted octanol–water partition coefficient (Wildman–Crippen LogP) is 3.57. The Morgan fingerprint density at radius 1 is 1.50 bits per heavy atom. The van der Waals surface area contributed by atoms with Gasteiger partial charge in [0, 0.05) is 10.9 Å². The van der Waals surface area contributed by atoms with Gasteiger partial charge in [-0.2, -0.15) is 5.26 Å². The highest BCUT2D eigenvalue weighted by Gasteiger charge is 2.42. The van der Waals surface area contributed by atoms with Crippen molar-refractivity contribution in [1.82, 2.24) is 4.98 Å². The lowest BCUT2D eigenvalue weighted by Gasteiger charge is -2.36. The zero-order valence-electron chi connectivity index (χ0n) is 15.4. The Morgan fingerprint density at radius 3 is 2.92 bits per heavy atom. The lowest BCUT2D eigenvalue weighted by Crippen LogP contribution is -2.38. The summed E-state index contributed by atoms with van der Waals surface area (Å²) in [5.41, 5.74) is 2.91. The fourth-order valence-electron chi connectivity index (χ4n) is 3.98. The molecule has 0 aliphatic carbocycles. The first-order valence-corrected chi connectivity index (χ1v) is 9.04. The highest BCUT2D eigenvalue weighted by molar-refractivity contribution is 5.94. The van der Waals surface area contributed by atoms with E-state index in [0.29, 0.717) is 37.2 Å². The molecule has 0 saturated heterocycles. The minimum atomic E-state index is -0.789. The van der Waals surface area contributed by atoms with Gasteiger partial charge >= 0.3 is 5.97 Å². The highest BCUT2D eigenvalue weighted by Crippen LogP contribution is 2.44. The van der Waals surface area contributed by atoms with Crippen LogP contribution in [-0.2, 0) is 26.3 Å². The molecule has 0 saturated carbocycles. The third-order valence-corrected chi connectivity index (χ3v) is 5.11. The highest BCUT2D eigenvalue weighted by atomic mass is 16.5. The van der Waals surface area contributed by atoms with Crippen molar-refractivity contribution in [2.75, 3.05) is 13.2 Å². The Kier molecular flexibility index (Phi) is 4.92. The first-order chi connectivity index (χ1) is 12.5. The summed E-state index contributed by atoms with van der Waals surface area (Å²) in [5.74, 6) is -0.215. The number of hydrogen-bond donors (Lipinski definition) is 2. The average Bonchev–Trinajstić information content (AvgIpc) is 3.00. The van der Waals surface area contributed by atoms with E-state index >= 15 is 0 Å². The number of hydrogen-bond acceptors (Lipinski definition) is 5. The van der Waals surface area contributed by atoms with E-state index in [4.69, 9.17) is 9.47 Å². The molecular weight excluding hydrogens is 332 g/mol. The van der Waals surface area contributed by atoms with Crippen molar-refractivity contribution >= 4 is 16.9 Å². The number of nitrogens with zero attached hydrogens (tertiary/aromatic N) is 1. The van der Waals surface area contributed by atoms with Crippen molar-refractivity contribution in [1.29, 1.82) is 5.26 Å². The molecule has 2 heterocycles. The monoisotopic (exact) mass is 356 g/mol. The van der Waals surface area contributed by atoms with E-state index in [1.807, 2.05) is 13.8 Å². The number of rotatable bonds is 5. The second-order valence-corrected chi connectivity index (χ2v) is 6.73. The van der Waals surface area contributed by atoms with E-state index in [1.54, 1.807) is 6.92 Å². The van der Waals surface area contributed by atoms with Crippen LogP contribution in [0.2, 0.25) is 0 Å². The predicted molar refractivity (Wildman–Crippen MR) is 96.9 cm³/mol. The number of aryl methyl sites for hydroxylation is 1. The van der Waals surface area contributed by atoms with E-state index < -0.39 is 5.60 Å². The maximum atomic E-state index is 12.3. The molecule has 1 aromatic heterocycles. The topological polar surface area (TPSA) is 95.3 Å². The van der Waals surface area contributed by atoms with Gasteiger partial charge in [0.1, 0.15) is 11.4 Å². The maximum absolute atomic E-state index is 12.3. The van der Waals surface area contributed by atoms with Gasteiger partial charge < -0.3 is 19.6 Å². The lowest BCUT2D eigenvalue weighted by molar-refractivity contribution is -0.155. The van der Waals surface area contributed by atoms with Crippen molar-refractivity contribution < 1.29 is 19.4 Å². The number of esters is 1. The molecule has 6 heteroatoms. The van der Waals surface area contributed by atoms with Crippen LogP contribution in [0.25, 0.3) is 10.9 Å². The number of aromatic hydroxyl groups is 1. The number of carbonyl (C=O) groups is 1. The summed E-state index contributed by atoms with van der Waals surface area (Å²) in [7, 11) is 0. The van der Waals surface area contributed by atoms with E-state index in [9.17, 15) is 15.2 Å². The Balaban J connectivity index is 2.24. The van der Waals surface area contributed by atoms with Crippen LogP contribution >= 0.6 is 0 Å². The zero-order valence-corrected chi connectivity index (χ0v) is 15.4.